The summed E-state index contributed by atoms with van der Waals surface area (Å²) in [4.78, 5) is 19.7. The van der Waals surface area contributed by atoms with E-state index >= 15 is 0 Å². The van der Waals surface area contributed by atoms with Gasteiger partial charge in [-0.2, -0.15) is 0 Å². The normalized spacial score (nSPS) is 12.8. The van der Waals surface area contributed by atoms with Gasteiger partial charge in [-0.25, -0.2) is 9.78 Å². The summed E-state index contributed by atoms with van der Waals surface area (Å²) in [6, 6.07) is 7.66. The van der Waals surface area contributed by atoms with Crippen molar-refractivity contribution in [2.24, 2.45) is 0 Å². The number of carbonyl (C=O) groups excluding carboxylic acids is 1. The van der Waals surface area contributed by atoms with Gasteiger partial charge in [0.05, 0.1) is 20.8 Å². The van der Waals surface area contributed by atoms with Crippen molar-refractivity contribution >= 4 is 16.9 Å². The lowest BCUT2D eigenvalue weighted by Gasteiger charge is -2.08. The molecule has 122 valence electrons. The molecule has 0 aliphatic carbocycles. The lowest BCUT2D eigenvalue weighted by molar-refractivity contribution is 0.0596. The number of hydrogen-bond donors (Lipinski definition) is 1. The number of carbonyl (C=O) groups is 1. The van der Waals surface area contributed by atoms with Gasteiger partial charge in [0.25, 0.3) is 0 Å². The van der Waals surface area contributed by atoms with E-state index in [2.05, 4.69) is 9.97 Å². The van der Waals surface area contributed by atoms with Crippen LogP contribution in [0.5, 0.6) is 11.6 Å². The van der Waals surface area contributed by atoms with Crippen LogP contribution in [0.25, 0.3) is 22.0 Å². The third kappa shape index (κ3) is 2.11. The molecular weight excluding hydrogens is 308 g/mol. The third-order valence-corrected chi connectivity index (χ3v) is 4.23. The zero-order valence-corrected chi connectivity index (χ0v) is 13.4. The van der Waals surface area contributed by atoms with Crippen molar-refractivity contribution in [1.82, 2.24) is 9.97 Å². The van der Waals surface area contributed by atoms with Gasteiger partial charge in [-0.3, -0.25) is 0 Å². The Kier molecular flexibility index (Phi) is 3.37. The Labute approximate surface area is 138 Å². The number of hydrogen-bond acceptors (Lipinski definition) is 5. The second kappa shape index (κ2) is 5.56. The molecule has 0 saturated heterocycles. The van der Waals surface area contributed by atoms with Crippen molar-refractivity contribution in [3.8, 4) is 22.8 Å². The van der Waals surface area contributed by atoms with Crippen LogP contribution in [-0.2, 0) is 11.2 Å². The molecule has 6 nitrogen and oxygen atoms in total. The minimum atomic E-state index is -0.437. The number of aromatic amines is 1. The van der Waals surface area contributed by atoms with Gasteiger partial charge in [0.15, 0.2) is 0 Å². The van der Waals surface area contributed by atoms with E-state index in [1.807, 2.05) is 24.3 Å². The number of methoxy groups -OCH3 is 2. The molecule has 0 amide bonds. The highest BCUT2D eigenvalue weighted by atomic mass is 16.5. The van der Waals surface area contributed by atoms with E-state index in [9.17, 15) is 4.79 Å². The molecule has 3 heterocycles. The predicted octanol–water partition coefficient (Wildman–Crippen LogP) is 2.96. The number of fused-ring (bicyclic) bond motifs is 2. The van der Waals surface area contributed by atoms with Crippen LogP contribution in [-0.4, -0.2) is 36.8 Å². The lowest BCUT2D eigenvalue weighted by Crippen LogP contribution is -2.04. The summed E-state index contributed by atoms with van der Waals surface area (Å²) in [6.45, 7) is 0.678. The average molecular weight is 324 g/mol. The molecule has 4 rings (SSSR count). The molecule has 0 fully saturated rings. The number of aromatic nitrogens is 2. The van der Waals surface area contributed by atoms with Crippen molar-refractivity contribution in [1.29, 1.82) is 0 Å². The monoisotopic (exact) mass is 324 g/mol. The minimum Gasteiger partial charge on any atom is -0.493 e. The largest absolute Gasteiger partial charge is 0.493 e. The topological polar surface area (TPSA) is 73.4 Å². The Morgan fingerprint density at radius 3 is 3.00 bits per heavy atom. The quantitative estimate of drug-likeness (QED) is 0.750. The van der Waals surface area contributed by atoms with E-state index in [0.29, 0.717) is 23.7 Å². The molecule has 24 heavy (non-hydrogen) atoms. The van der Waals surface area contributed by atoms with Crippen LogP contribution in [0.3, 0.4) is 0 Å². The minimum absolute atomic E-state index is 0.377. The Hall–Kier alpha value is -3.02. The highest BCUT2D eigenvalue weighted by Gasteiger charge is 2.25. The van der Waals surface area contributed by atoms with E-state index in [-0.39, 0.29) is 0 Å². The van der Waals surface area contributed by atoms with Crippen LogP contribution < -0.4 is 9.47 Å². The second-order valence-corrected chi connectivity index (χ2v) is 5.53. The van der Waals surface area contributed by atoms with Crippen LogP contribution >= 0.6 is 0 Å². The summed E-state index contributed by atoms with van der Waals surface area (Å²) in [7, 11) is 2.92. The first kappa shape index (κ1) is 14.6. The molecule has 6 heteroatoms. The molecule has 1 aliphatic rings. The molecule has 0 radical (unpaired) electrons. The third-order valence-electron chi connectivity index (χ3n) is 4.23. The average Bonchev–Trinajstić information content (AvgIpc) is 3.22. The van der Waals surface area contributed by atoms with Crippen molar-refractivity contribution in [3.63, 3.8) is 0 Å². The number of ether oxygens (including phenoxy) is 3. The molecule has 2 aromatic heterocycles. The van der Waals surface area contributed by atoms with Gasteiger partial charge in [0.1, 0.15) is 11.4 Å². The molecule has 0 atom stereocenters. The van der Waals surface area contributed by atoms with Gasteiger partial charge < -0.3 is 19.2 Å². The molecule has 3 aromatic rings. The van der Waals surface area contributed by atoms with Crippen molar-refractivity contribution in [2.75, 3.05) is 20.8 Å². The fraction of sp³-hybridized carbons (Fsp3) is 0.222. The molecule has 1 aromatic carbocycles. The number of esters is 1. The number of pyridine rings is 1. The zero-order chi connectivity index (χ0) is 16.7. The fourth-order valence-corrected chi connectivity index (χ4v) is 3.15. The van der Waals surface area contributed by atoms with Gasteiger partial charge in [-0.1, -0.05) is 0 Å². The van der Waals surface area contributed by atoms with Crippen LogP contribution in [0.4, 0.5) is 0 Å². The highest BCUT2D eigenvalue weighted by molar-refractivity contribution is 6.09. The molecular formula is C18H16N2O4. The number of benzene rings is 1. The van der Waals surface area contributed by atoms with E-state index < -0.39 is 5.97 Å². The first-order chi connectivity index (χ1) is 11.7. The number of H-pyrrole nitrogens is 1. The SMILES string of the molecule is COC(=O)c1[nH]c2cc3c(cc2c1-c1cccnc1OC)OCC3. The Morgan fingerprint density at radius 1 is 1.33 bits per heavy atom. The first-order valence-electron chi connectivity index (χ1n) is 7.62. The van der Waals surface area contributed by atoms with Crippen LogP contribution in [0, 0.1) is 0 Å². The smallest absolute Gasteiger partial charge is 0.355 e. The first-order valence-corrected chi connectivity index (χ1v) is 7.62. The van der Waals surface area contributed by atoms with Gasteiger partial charge in [-0.15, -0.1) is 0 Å². The van der Waals surface area contributed by atoms with E-state index in [1.54, 1.807) is 13.3 Å². The standard InChI is InChI=1S/C18H16N2O4/c1-22-17-11(4-3-6-19-17)15-12-9-14-10(5-7-24-14)8-13(12)20-16(15)18(21)23-2/h3-4,6,8-9,20H,5,7H2,1-2H3. The Bertz CT molecular complexity index is 946. The predicted molar refractivity (Wildman–Crippen MR) is 88.6 cm³/mol. The van der Waals surface area contributed by atoms with Gasteiger partial charge >= 0.3 is 5.97 Å². The van der Waals surface area contributed by atoms with Crippen LogP contribution in [0.2, 0.25) is 0 Å². The van der Waals surface area contributed by atoms with Gasteiger partial charge in [-0.05, 0) is 29.8 Å². The van der Waals surface area contributed by atoms with E-state index in [4.69, 9.17) is 14.2 Å². The molecule has 0 spiro atoms. The molecule has 1 aliphatic heterocycles. The van der Waals surface area contributed by atoms with Crippen molar-refractivity contribution in [3.05, 3.63) is 41.7 Å². The summed E-state index contributed by atoms with van der Waals surface area (Å²) in [6.07, 6.45) is 2.51. The summed E-state index contributed by atoms with van der Waals surface area (Å²) >= 11 is 0. The molecule has 0 saturated carbocycles. The van der Waals surface area contributed by atoms with Gasteiger partial charge in [0, 0.05) is 34.6 Å². The number of nitrogens with one attached hydrogen (secondary N) is 1. The summed E-state index contributed by atoms with van der Waals surface area (Å²) < 4.78 is 16.0. The maximum absolute atomic E-state index is 12.3. The summed E-state index contributed by atoms with van der Waals surface area (Å²) in [5.41, 5.74) is 3.80. The number of rotatable bonds is 3. The van der Waals surface area contributed by atoms with Gasteiger partial charge in [0.2, 0.25) is 5.88 Å². The lowest BCUT2D eigenvalue weighted by atomic mass is 10.0. The molecule has 1 N–H and O–H groups in total. The Balaban J connectivity index is 2.05. The number of nitrogens with zero attached hydrogens (tertiary/aromatic N) is 1. The van der Waals surface area contributed by atoms with E-state index in [1.165, 1.54) is 7.11 Å². The molecule has 0 bridgehead atoms. The van der Waals surface area contributed by atoms with Crippen molar-refractivity contribution in [2.45, 2.75) is 6.42 Å². The van der Waals surface area contributed by atoms with Crippen LogP contribution in [0.1, 0.15) is 16.1 Å². The van der Waals surface area contributed by atoms with Crippen LogP contribution in [0.15, 0.2) is 30.5 Å². The van der Waals surface area contributed by atoms with Crippen molar-refractivity contribution < 1.29 is 19.0 Å². The maximum Gasteiger partial charge on any atom is 0.355 e. The summed E-state index contributed by atoms with van der Waals surface area (Å²) in [5.74, 6) is 0.861. The summed E-state index contributed by atoms with van der Waals surface area (Å²) in [5, 5.41) is 0.877. The zero-order valence-electron chi connectivity index (χ0n) is 13.4. The van der Waals surface area contributed by atoms with E-state index in [0.717, 1.165) is 34.2 Å². The molecule has 0 unspecified atom stereocenters. The Morgan fingerprint density at radius 2 is 2.21 bits per heavy atom. The highest BCUT2D eigenvalue weighted by Crippen LogP contribution is 2.40. The maximum atomic E-state index is 12.3. The second-order valence-electron chi connectivity index (χ2n) is 5.53. The fourth-order valence-electron chi connectivity index (χ4n) is 3.15.